The molecular weight excluding hydrogens is 313 g/mol. The second-order valence-electron chi connectivity index (χ2n) is 6.18. The largest absolute Gasteiger partial charge is 0.369 e. The van der Waals surface area contributed by atoms with Gasteiger partial charge in [0.1, 0.15) is 11.6 Å². The maximum atomic E-state index is 13.0. The molecule has 0 amide bonds. The monoisotopic (exact) mass is 333 g/mol. The van der Waals surface area contributed by atoms with Crippen molar-refractivity contribution in [3.63, 3.8) is 0 Å². The minimum atomic E-state index is -0.172. The highest BCUT2D eigenvalue weighted by Gasteiger charge is 2.35. The standard InChI is InChI=1S/C16H20FN5S/c1-12-18-16(23-19-12)22-10-15(11-22)21-8-6-20(7-9-21)14-4-2-13(17)3-5-14/h2-5,15H,6-11H2,1H3. The molecule has 0 saturated carbocycles. The molecule has 2 aliphatic rings. The van der Waals surface area contributed by atoms with Crippen molar-refractivity contribution in [2.24, 2.45) is 0 Å². The van der Waals surface area contributed by atoms with Crippen LogP contribution in [-0.2, 0) is 0 Å². The zero-order valence-electron chi connectivity index (χ0n) is 13.2. The Morgan fingerprint density at radius 2 is 1.74 bits per heavy atom. The van der Waals surface area contributed by atoms with Gasteiger partial charge in [-0.1, -0.05) is 0 Å². The molecule has 7 heteroatoms. The summed E-state index contributed by atoms with van der Waals surface area (Å²) in [4.78, 5) is 11.6. The van der Waals surface area contributed by atoms with Crippen molar-refractivity contribution in [2.45, 2.75) is 13.0 Å². The first kappa shape index (κ1) is 14.8. The van der Waals surface area contributed by atoms with E-state index in [4.69, 9.17) is 0 Å². The van der Waals surface area contributed by atoms with E-state index in [1.54, 1.807) is 0 Å². The van der Waals surface area contributed by atoms with Gasteiger partial charge in [0.25, 0.3) is 0 Å². The smallest absolute Gasteiger partial charge is 0.205 e. The lowest BCUT2D eigenvalue weighted by atomic mass is 10.1. The third kappa shape index (κ3) is 3.03. The third-order valence-electron chi connectivity index (χ3n) is 4.67. The van der Waals surface area contributed by atoms with Crippen LogP contribution in [0.5, 0.6) is 0 Å². The summed E-state index contributed by atoms with van der Waals surface area (Å²) in [6.45, 7) is 8.15. The van der Waals surface area contributed by atoms with Crippen LogP contribution in [0.4, 0.5) is 15.2 Å². The number of aryl methyl sites for hydroxylation is 1. The van der Waals surface area contributed by atoms with E-state index in [1.807, 2.05) is 19.1 Å². The van der Waals surface area contributed by atoms with Crippen LogP contribution >= 0.6 is 11.5 Å². The molecule has 2 fully saturated rings. The lowest BCUT2D eigenvalue weighted by Gasteiger charge is -2.48. The van der Waals surface area contributed by atoms with Crippen LogP contribution in [0.1, 0.15) is 5.82 Å². The Balaban J connectivity index is 1.28. The van der Waals surface area contributed by atoms with E-state index in [2.05, 4.69) is 24.1 Å². The third-order valence-corrected chi connectivity index (χ3v) is 5.54. The van der Waals surface area contributed by atoms with E-state index in [9.17, 15) is 4.39 Å². The molecule has 2 aromatic rings. The zero-order valence-corrected chi connectivity index (χ0v) is 14.0. The molecule has 4 rings (SSSR count). The average Bonchev–Trinajstić information content (AvgIpc) is 2.94. The molecule has 0 N–H and O–H groups in total. The minimum Gasteiger partial charge on any atom is -0.369 e. The Kier molecular flexibility index (Phi) is 3.90. The number of piperazine rings is 1. The van der Waals surface area contributed by atoms with Crippen molar-refractivity contribution in [3.8, 4) is 0 Å². The second-order valence-corrected chi connectivity index (χ2v) is 6.91. The fourth-order valence-electron chi connectivity index (χ4n) is 3.25. The summed E-state index contributed by atoms with van der Waals surface area (Å²) in [6.07, 6.45) is 0. The minimum absolute atomic E-state index is 0.172. The van der Waals surface area contributed by atoms with Gasteiger partial charge in [0, 0.05) is 62.5 Å². The van der Waals surface area contributed by atoms with E-state index < -0.39 is 0 Å². The molecule has 0 radical (unpaired) electrons. The molecule has 122 valence electrons. The van der Waals surface area contributed by atoms with Crippen LogP contribution in [0.25, 0.3) is 0 Å². The van der Waals surface area contributed by atoms with Gasteiger partial charge in [0.2, 0.25) is 5.13 Å². The van der Waals surface area contributed by atoms with Crippen LogP contribution in [0, 0.1) is 12.7 Å². The van der Waals surface area contributed by atoms with Gasteiger partial charge in [-0.25, -0.2) is 9.37 Å². The number of nitrogens with zero attached hydrogens (tertiary/aromatic N) is 5. The zero-order chi connectivity index (χ0) is 15.8. The Morgan fingerprint density at radius 3 is 2.35 bits per heavy atom. The summed E-state index contributed by atoms with van der Waals surface area (Å²) >= 11 is 1.49. The number of hydrogen-bond acceptors (Lipinski definition) is 6. The molecule has 0 aliphatic carbocycles. The van der Waals surface area contributed by atoms with E-state index in [-0.39, 0.29) is 5.82 Å². The Bertz CT molecular complexity index is 659. The van der Waals surface area contributed by atoms with Crippen molar-refractivity contribution >= 4 is 22.4 Å². The average molecular weight is 333 g/mol. The topological polar surface area (TPSA) is 35.5 Å². The van der Waals surface area contributed by atoms with Crippen LogP contribution in [0.3, 0.4) is 0 Å². The summed E-state index contributed by atoms with van der Waals surface area (Å²) in [6, 6.07) is 7.43. The van der Waals surface area contributed by atoms with E-state index >= 15 is 0 Å². The normalized spacial score (nSPS) is 19.9. The Hall–Kier alpha value is -1.73. The number of halogens is 1. The van der Waals surface area contributed by atoms with Gasteiger partial charge in [-0.2, -0.15) is 4.37 Å². The SMILES string of the molecule is Cc1nsc(N2CC(N3CCN(c4ccc(F)cc4)CC3)C2)n1. The summed E-state index contributed by atoms with van der Waals surface area (Å²) in [5, 5.41) is 1.05. The molecule has 5 nitrogen and oxygen atoms in total. The number of benzene rings is 1. The molecule has 0 unspecified atom stereocenters. The van der Waals surface area contributed by atoms with Crippen molar-refractivity contribution in [1.29, 1.82) is 0 Å². The quantitative estimate of drug-likeness (QED) is 0.858. The van der Waals surface area contributed by atoms with Gasteiger partial charge in [-0.05, 0) is 31.2 Å². The number of anilines is 2. The number of hydrogen-bond donors (Lipinski definition) is 0. The Morgan fingerprint density at radius 1 is 1.04 bits per heavy atom. The summed E-state index contributed by atoms with van der Waals surface area (Å²) < 4.78 is 17.3. The van der Waals surface area contributed by atoms with Crippen LogP contribution < -0.4 is 9.80 Å². The molecule has 0 spiro atoms. The second kappa shape index (κ2) is 6.05. The van der Waals surface area contributed by atoms with Gasteiger partial charge in [0.05, 0.1) is 0 Å². The predicted octanol–water partition coefficient (Wildman–Crippen LogP) is 2.00. The lowest BCUT2D eigenvalue weighted by Crippen LogP contribution is -2.63. The highest BCUT2D eigenvalue weighted by atomic mass is 32.1. The summed E-state index contributed by atoms with van der Waals surface area (Å²) in [5.41, 5.74) is 1.12. The maximum absolute atomic E-state index is 13.0. The predicted molar refractivity (Wildman–Crippen MR) is 90.8 cm³/mol. The lowest BCUT2D eigenvalue weighted by molar-refractivity contribution is 0.157. The van der Waals surface area contributed by atoms with E-state index in [1.165, 1.54) is 23.7 Å². The summed E-state index contributed by atoms with van der Waals surface area (Å²) in [7, 11) is 0. The van der Waals surface area contributed by atoms with E-state index in [0.29, 0.717) is 6.04 Å². The summed E-state index contributed by atoms with van der Waals surface area (Å²) in [5.74, 6) is 0.690. The van der Waals surface area contributed by atoms with Crippen molar-refractivity contribution in [3.05, 3.63) is 35.9 Å². The molecular formula is C16H20FN5S. The molecule has 0 bridgehead atoms. The van der Waals surface area contributed by atoms with Crippen molar-refractivity contribution in [2.75, 3.05) is 49.1 Å². The van der Waals surface area contributed by atoms with Crippen LogP contribution in [0.2, 0.25) is 0 Å². The van der Waals surface area contributed by atoms with Crippen molar-refractivity contribution in [1.82, 2.24) is 14.3 Å². The number of aromatic nitrogens is 2. The molecule has 2 aliphatic heterocycles. The van der Waals surface area contributed by atoms with Gasteiger partial charge in [-0.15, -0.1) is 0 Å². The molecule has 23 heavy (non-hydrogen) atoms. The van der Waals surface area contributed by atoms with Gasteiger partial charge in [-0.3, -0.25) is 4.90 Å². The van der Waals surface area contributed by atoms with Gasteiger partial charge in [0.15, 0.2) is 0 Å². The Labute approximate surface area is 139 Å². The fourth-order valence-corrected chi connectivity index (χ4v) is 3.95. The van der Waals surface area contributed by atoms with Gasteiger partial charge < -0.3 is 9.80 Å². The molecule has 1 aromatic carbocycles. The molecule has 2 saturated heterocycles. The molecule has 1 aromatic heterocycles. The van der Waals surface area contributed by atoms with Crippen LogP contribution in [-0.4, -0.2) is 59.6 Å². The number of rotatable bonds is 3. The fraction of sp³-hybridized carbons (Fsp3) is 0.500. The van der Waals surface area contributed by atoms with Crippen LogP contribution in [0.15, 0.2) is 24.3 Å². The first-order chi connectivity index (χ1) is 11.2. The van der Waals surface area contributed by atoms with Crippen molar-refractivity contribution < 1.29 is 4.39 Å². The van der Waals surface area contributed by atoms with E-state index in [0.717, 1.165) is 55.9 Å². The first-order valence-corrected chi connectivity index (χ1v) is 8.76. The highest BCUT2D eigenvalue weighted by Crippen LogP contribution is 2.26. The maximum Gasteiger partial charge on any atom is 0.205 e. The molecule has 3 heterocycles. The highest BCUT2D eigenvalue weighted by molar-refractivity contribution is 7.09. The van der Waals surface area contributed by atoms with Gasteiger partial charge >= 0.3 is 0 Å². The first-order valence-electron chi connectivity index (χ1n) is 7.99. The molecule has 0 atom stereocenters.